The standard InChI is InChI=1S/C17H26BrNO/c1-20-11-10-19-13-16(15-4-2-3-5-15)12-14-6-8-17(18)9-7-14/h6-9,15-16,19H,2-5,10-13H2,1H3. The van der Waals surface area contributed by atoms with Crippen molar-refractivity contribution in [2.75, 3.05) is 26.8 Å². The molecule has 20 heavy (non-hydrogen) atoms. The van der Waals surface area contributed by atoms with Crippen molar-refractivity contribution >= 4 is 15.9 Å². The summed E-state index contributed by atoms with van der Waals surface area (Å²) in [5.74, 6) is 1.66. The molecule has 0 heterocycles. The lowest BCUT2D eigenvalue weighted by Crippen LogP contribution is -2.31. The molecule has 0 aromatic heterocycles. The first-order valence-corrected chi connectivity index (χ1v) is 8.53. The molecule has 0 saturated heterocycles. The highest BCUT2D eigenvalue weighted by Gasteiger charge is 2.24. The summed E-state index contributed by atoms with van der Waals surface area (Å²) >= 11 is 3.51. The molecule has 1 aromatic carbocycles. The maximum Gasteiger partial charge on any atom is 0.0587 e. The predicted octanol–water partition coefficient (Wildman–Crippen LogP) is 4.03. The van der Waals surface area contributed by atoms with Gasteiger partial charge in [0.1, 0.15) is 0 Å². The second-order valence-electron chi connectivity index (χ2n) is 5.83. The zero-order valence-electron chi connectivity index (χ0n) is 12.4. The molecule has 0 amide bonds. The Morgan fingerprint density at radius 3 is 2.60 bits per heavy atom. The summed E-state index contributed by atoms with van der Waals surface area (Å²) in [7, 11) is 1.76. The van der Waals surface area contributed by atoms with Gasteiger partial charge in [-0.2, -0.15) is 0 Å². The lowest BCUT2D eigenvalue weighted by Gasteiger charge is -2.24. The molecule has 112 valence electrons. The van der Waals surface area contributed by atoms with Crippen molar-refractivity contribution in [1.82, 2.24) is 5.32 Å². The quantitative estimate of drug-likeness (QED) is 0.722. The van der Waals surface area contributed by atoms with Crippen LogP contribution in [0, 0.1) is 11.8 Å². The third-order valence-electron chi connectivity index (χ3n) is 4.37. The number of halogens is 1. The van der Waals surface area contributed by atoms with E-state index in [9.17, 15) is 0 Å². The largest absolute Gasteiger partial charge is 0.383 e. The van der Waals surface area contributed by atoms with Gasteiger partial charge in [0, 0.05) is 18.1 Å². The van der Waals surface area contributed by atoms with E-state index in [0.717, 1.165) is 36.0 Å². The Kier molecular flexibility index (Phi) is 7.05. The van der Waals surface area contributed by atoms with Gasteiger partial charge in [0.2, 0.25) is 0 Å². The topological polar surface area (TPSA) is 21.3 Å². The Morgan fingerprint density at radius 2 is 1.95 bits per heavy atom. The fourth-order valence-corrected chi connectivity index (χ4v) is 3.48. The number of ether oxygens (including phenoxy) is 1. The maximum atomic E-state index is 5.11. The molecule has 0 spiro atoms. The van der Waals surface area contributed by atoms with Crippen LogP contribution in [0.15, 0.2) is 28.7 Å². The Bertz CT molecular complexity index is 373. The van der Waals surface area contributed by atoms with Crippen LogP contribution in [0.5, 0.6) is 0 Å². The summed E-state index contributed by atoms with van der Waals surface area (Å²) in [6.45, 7) is 2.87. The van der Waals surface area contributed by atoms with Gasteiger partial charge in [-0.15, -0.1) is 0 Å². The molecule has 1 fully saturated rings. The minimum atomic E-state index is 0.760. The van der Waals surface area contributed by atoms with Crippen molar-refractivity contribution in [3.63, 3.8) is 0 Å². The summed E-state index contributed by atoms with van der Waals surface area (Å²) in [4.78, 5) is 0. The third-order valence-corrected chi connectivity index (χ3v) is 4.90. The lowest BCUT2D eigenvalue weighted by molar-refractivity contribution is 0.195. The van der Waals surface area contributed by atoms with E-state index in [1.54, 1.807) is 7.11 Å². The summed E-state index contributed by atoms with van der Waals surface area (Å²) < 4.78 is 6.28. The summed E-state index contributed by atoms with van der Waals surface area (Å²) in [6.07, 6.45) is 6.84. The first-order chi connectivity index (χ1) is 9.79. The molecule has 1 atom stereocenters. The van der Waals surface area contributed by atoms with E-state index >= 15 is 0 Å². The predicted molar refractivity (Wildman–Crippen MR) is 88.0 cm³/mol. The first kappa shape index (κ1) is 16.0. The fraction of sp³-hybridized carbons (Fsp3) is 0.647. The zero-order chi connectivity index (χ0) is 14.2. The van der Waals surface area contributed by atoms with Crippen LogP contribution in [-0.4, -0.2) is 26.8 Å². The minimum Gasteiger partial charge on any atom is -0.383 e. The van der Waals surface area contributed by atoms with Crippen molar-refractivity contribution in [3.8, 4) is 0 Å². The maximum absolute atomic E-state index is 5.11. The van der Waals surface area contributed by atoms with Crippen LogP contribution in [0.2, 0.25) is 0 Å². The molecule has 1 unspecified atom stereocenters. The average Bonchev–Trinajstić information content (AvgIpc) is 2.98. The first-order valence-electron chi connectivity index (χ1n) is 7.73. The smallest absolute Gasteiger partial charge is 0.0587 e. The number of nitrogens with one attached hydrogen (secondary N) is 1. The van der Waals surface area contributed by atoms with Crippen LogP contribution in [0.4, 0.5) is 0 Å². The number of hydrogen-bond acceptors (Lipinski definition) is 2. The average molecular weight is 340 g/mol. The van der Waals surface area contributed by atoms with E-state index in [-0.39, 0.29) is 0 Å². The van der Waals surface area contributed by atoms with Crippen molar-refractivity contribution in [2.24, 2.45) is 11.8 Å². The van der Waals surface area contributed by atoms with E-state index < -0.39 is 0 Å². The molecule has 1 aliphatic carbocycles. The minimum absolute atomic E-state index is 0.760. The van der Waals surface area contributed by atoms with Crippen LogP contribution in [0.1, 0.15) is 31.2 Å². The highest BCUT2D eigenvalue weighted by molar-refractivity contribution is 9.10. The second-order valence-corrected chi connectivity index (χ2v) is 6.75. The van der Waals surface area contributed by atoms with Gasteiger partial charge in [-0.25, -0.2) is 0 Å². The summed E-state index contributed by atoms with van der Waals surface area (Å²) in [5, 5.41) is 3.56. The molecular formula is C17H26BrNO. The van der Waals surface area contributed by atoms with E-state index in [1.165, 1.54) is 37.7 Å². The van der Waals surface area contributed by atoms with Gasteiger partial charge in [-0.05, 0) is 42.5 Å². The molecule has 1 saturated carbocycles. The van der Waals surface area contributed by atoms with E-state index in [2.05, 4.69) is 45.5 Å². The van der Waals surface area contributed by atoms with Gasteiger partial charge in [0.25, 0.3) is 0 Å². The highest BCUT2D eigenvalue weighted by atomic mass is 79.9. The molecule has 1 N–H and O–H groups in total. The third kappa shape index (κ3) is 5.19. The number of hydrogen-bond donors (Lipinski definition) is 1. The van der Waals surface area contributed by atoms with Crippen molar-refractivity contribution in [3.05, 3.63) is 34.3 Å². The van der Waals surface area contributed by atoms with Crippen molar-refractivity contribution in [1.29, 1.82) is 0 Å². The number of benzene rings is 1. The van der Waals surface area contributed by atoms with Crippen molar-refractivity contribution < 1.29 is 4.74 Å². The lowest BCUT2D eigenvalue weighted by atomic mass is 9.85. The van der Waals surface area contributed by atoms with Crippen LogP contribution in [0.25, 0.3) is 0 Å². The van der Waals surface area contributed by atoms with Gasteiger partial charge in [0.05, 0.1) is 6.61 Å². The van der Waals surface area contributed by atoms with Crippen LogP contribution < -0.4 is 5.32 Å². The van der Waals surface area contributed by atoms with Crippen molar-refractivity contribution in [2.45, 2.75) is 32.1 Å². The van der Waals surface area contributed by atoms with Gasteiger partial charge in [-0.3, -0.25) is 0 Å². The Hall–Kier alpha value is -0.380. The van der Waals surface area contributed by atoms with E-state index in [0.29, 0.717) is 0 Å². The van der Waals surface area contributed by atoms with Gasteiger partial charge in [-0.1, -0.05) is 53.7 Å². The molecule has 2 nitrogen and oxygen atoms in total. The molecule has 1 aliphatic rings. The zero-order valence-corrected chi connectivity index (χ0v) is 14.0. The van der Waals surface area contributed by atoms with Crippen LogP contribution >= 0.6 is 15.9 Å². The van der Waals surface area contributed by atoms with E-state index in [1.807, 2.05) is 0 Å². The molecule has 3 heteroatoms. The molecular weight excluding hydrogens is 314 g/mol. The summed E-state index contributed by atoms with van der Waals surface area (Å²) in [6, 6.07) is 8.81. The fourth-order valence-electron chi connectivity index (χ4n) is 3.22. The van der Waals surface area contributed by atoms with Gasteiger partial charge >= 0.3 is 0 Å². The monoisotopic (exact) mass is 339 g/mol. The molecule has 0 bridgehead atoms. The van der Waals surface area contributed by atoms with Crippen LogP contribution in [0.3, 0.4) is 0 Å². The Morgan fingerprint density at radius 1 is 1.25 bits per heavy atom. The Balaban J connectivity index is 1.89. The molecule has 1 aromatic rings. The number of methoxy groups -OCH3 is 1. The van der Waals surface area contributed by atoms with E-state index in [4.69, 9.17) is 4.74 Å². The highest BCUT2D eigenvalue weighted by Crippen LogP contribution is 2.33. The van der Waals surface area contributed by atoms with Gasteiger partial charge in [0.15, 0.2) is 0 Å². The van der Waals surface area contributed by atoms with Gasteiger partial charge < -0.3 is 10.1 Å². The second kappa shape index (κ2) is 8.81. The van der Waals surface area contributed by atoms with Crippen LogP contribution in [-0.2, 0) is 11.2 Å². The normalized spacial score (nSPS) is 17.5. The molecule has 0 aliphatic heterocycles. The Labute approximate surface area is 131 Å². The SMILES string of the molecule is COCCNCC(Cc1ccc(Br)cc1)C1CCCC1. The molecule has 0 radical (unpaired) electrons. The summed E-state index contributed by atoms with van der Waals surface area (Å²) in [5.41, 5.74) is 1.46. The number of rotatable bonds is 8. The molecule has 2 rings (SSSR count).